The Morgan fingerprint density at radius 1 is 0.889 bits per heavy atom. The molecule has 0 unspecified atom stereocenters. The van der Waals surface area contributed by atoms with Crippen LogP contribution in [0.15, 0.2) is 53.4 Å². The fourth-order valence-electron chi connectivity index (χ4n) is 2.13. The molecule has 0 aliphatic carbocycles. The first kappa shape index (κ1) is 20.2. The summed E-state index contributed by atoms with van der Waals surface area (Å²) in [6.07, 6.45) is -0.0493. The molecule has 0 aliphatic rings. The van der Waals surface area contributed by atoms with Gasteiger partial charge in [0.25, 0.3) is 10.0 Å². The summed E-state index contributed by atoms with van der Waals surface area (Å²) in [5.74, 6) is -0.228. The van der Waals surface area contributed by atoms with Gasteiger partial charge in [0.1, 0.15) is 5.75 Å². The van der Waals surface area contributed by atoms with E-state index >= 15 is 0 Å². The number of amides is 1. The van der Waals surface area contributed by atoms with Crippen molar-refractivity contribution in [2.24, 2.45) is 0 Å². The minimum absolute atomic E-state index is 0.0221. The van der Waals surface area contributed by atoms with Crippen LogP contribution < -0.4 is 14.8 Å². The lowest BCUT2D eigenvalue weighted by atomic mass is 10.2. The molecule has 27 heavy (non-hydrogen) atoms. The van der Waals surface area contributed by atoms with Gasteiger partial charge in [0, 0.05) is 17.8 Å². The molecule has 9 heteroatoms. The average molecular weight is 392 g/mol. The summed E-state index contributed by atoms with van der Waals surface area (Å²) in [4.78, 5) is 22.8. The number of anilines is 2. The molecule has 0 saturated carbocycles. The van der Waals surface area contributed by atoms with Gasteiger partial charge in [0.2, 0.25) is 5.91 Å². The minimum atomic E-state index is -3.77. The normalized spacial score (nSPS) is 10.7. The van der Waals surface area contributed by atoms with E-state index in [1.54, 1.807) is 24.3 Å². The highest BCUT2D eigenvalue weighted by atomic mass is 32.2. The van der Waals surface area contributed by atoms with Crippen molar-refractivity contribution < 1.29 is 27.5 Å². The van der Waals surface area contributed by atoms with E-state index in [4.69, 9.17) is 4.74 Å². The molecule has 0 radical (unpaired) electrons. The Morgan fingerprint density at radius 2 is 1.48 bits per heavy atom. The quantitative estimate of drug-likeness (QED) is 0.668. The molecule has 0 aromatic heterocycles. The molecule has 0 bridgehead atoms. The molecule has 0 aliphatic heterocycles. The summed E-state index contributed by atoms with van der Waals surface area (Å²) in [6, 6.07) is 12.2. The van der Waals surface area contributed by atoms with Crippen molar-refractivity contribution in [3.05, 3.63) is 48.5 Å². The van der Waals surface area contributed by atoms with Crippen LogP contribution in [0.3, 0.4) is 0 Å². The van der Waals surface area contributed by atoms with E-state index in [2.05, 4.69) is 14.8 Å². The topological polar surface area (TPSA) is 111 Å². The van der Waals surface area contributed by atoms with Gasteiger partial charge in [-0.3, -0.25) is 14.3 Å². The van der Waals surface area contributed by atoms with Gasteiger partial charge < -0.3 is 14.8 Å². The van der Waals surface area contributed by atoms with E-state index in [9.17, 15) is 18.0 Å². The number of carbonyl (C=O) groups excluding carboxylic acids is 2. The highest BCUT2D eigenvalue weighted by Gasteiger charge is 2.14. The molecule has 1 amide bonds. The Hall–Kier alpha value is -3.07. The number of esters is 1. The van der Waals surface area contributed by atoms with Crippen LogP contribution in [-0.2, 0) is 24.3 Å². The summed E-state index contributed by atoms with van der Waals surface area (Å²) in [7, 11) is -0.996. The van der Waals surface area contributed by atoms with E-state index in [0.29, 0.717) is 17.1 Å². The van der Waals surface area contributed by atoms with Crippen LogP contribution in [0.2, 0.25) is 0 Å². The number of hydrogen-bond donors (Lipinski definition) is 2. The van der Waals surface area contributed by atoms with Gasteiger partial charge in [-0.2, -0.15) is 0 Å². The maximum absolute atomic E-state index is 12.4. The van der Waals surface area contributed by atoms with Crippen molar-refractivity contribution in [1.29, 1.82) is 0 Å². The Kier molecular flexibility index (Phi) is 6.78. The van der Waals surface area contributed by atoms with Crippen LogP contribution in [-0.4, -0.2) is 34.5 Å². The predicted molar refractivity (Wildman–Crippen MR) is 100 cm³/mol. The Morgan fingerprint density at radius 3 is 2.04 bits per heavy atom. The lowest BCUT2D eigenvalue weighted by molar-refractivity contribution is -0.141. The average Bonchev–Trinajstić information content (AvgIpc) is 2.67. The summed E-state index contributed by atoms with van der Waals surface area (Å²) >= 11 is 0. The first-order valence-electron chi connectivity index (χ1n) is 7.97. The molecule has 2 aromatic carbocycles. The third kappa shape index (κ3) is 6.00. The van der Waals surface area contributed by atoms with Crippen LogP contribution >= 0.6 is 0 Å². The third-order valence-corrected chi connectivity index (χ3v) is 4.97. The number of ether oxygens (including phenoxy) is 2. The van der Waals surface area contributed by atoms with E-state index in [1.165, 1.54) is 38.5 Å². The fraction of sp³-hybridized carbons (Fsp3) is 0.222. The van der Waals surface area contributed by atoms with E-state index in [0.717, 1.165) is 0 Å². The summed E-state index contributed by atoms with van der Waals surface area (Å²) in [5.41, 5.74) is 0.823. The maximum Gasteiger partial charge on any atom is 0.306 e. The number of benzene rings is 2. The Labute approximate surface area is 157 Å². The van der Waals surface area contributed by atoms with Gasteiger partial charge >= 0.3 is 5.97 Å². The molecule has 2 N–H and O–H groups in total. The summed E-state index contributed by atoms with van der Waals surface area (Å²) in [5, 5.41) is 2.59. The predicted octanol–water partition coefficient (Wildman–Crippen LogP) is 2.39. The molecule has 0 saturated heterocycles. The smallest absolute Gasteiger partial charge is 0.306 e. The van der Waals surface area contributed by atoms with Gasteiger partial charge in [-0.25, -0.2) is 8.42 Å². The number of hydrogen-bond acceptors (Lipinski definition) is 6. The molecule has 0 atom stereocenters. The summed E-state index contributed by atoms with van der Waals surface area (Å²) < 4.78 is 36.8. The van der Waals surface area contributed by atoms with Crippen molar-refractivity contribution in [2.45, 2.75) is 17.7 Å². The first-order chi connectivity index (χ1) is 12.8. The number of nitrogens with one attached hydrogen (secondary N) is 2. The van der Waals surface area contributed by atoms with Crippen LogP contribution in [0, 0.1) is 0 Å². The highest BCUT2D eigenvalue weighted by Crippen LogP contribution is 2.20. The maximum atomic E-state index is 12.4. The van der Waals surface area contributed by atoms with Crippen molar-refractivity contribution in [3.63, 3.8) is 0 Å². The van der Waals surface area contributed by atoms with Crippen LogP contribution in [0.4, 0.5) is 11.4 Å². The third-order valence-electron chi connectivity index (χ3n) is 3.57. The largest absolute Gasteiger partial charge is 0.497 e. The molecule has 0 heterocycles. The van der Waals surface area contributed by atoms with Crippen LogP contribution in [0.25, 0.3) is 0 Å². The highest BCUT2D eigenvalue weighted by molar-refractivity contribution is 7.92. The molecular formula is C18H20N2O6S. The fourth-order valence-corrected chi connectivity index (χ4v) is 3.19. The van der Waals surface area contributed by atoms with E-state index < -0.39 is 16.0 Å². The lowest BCUT2D eigenvalue weighted by Gasteiger charge is -2.10. The van der Waals surface area contributed by atoms with Crippen molar-refractivity contribution in [3.8, 4) is 5.75 Å². The standard InChI is InChI=1S/C18H20N2O6S/c1-25-15-7-3-14(4-8-15)20-27(23,24)16-9-5-13(6-10-16)19-17(21)11-12-18(22)26-2/h3-10,20H,11-12H2,1-2H3,(H,19,21). The Bertz CT molecular complexity index is 892. The van der Waals surface area contributed by atoms with Gasteiger partial charge in [-0.15, -0.1) is 0 Å². The van der Waals surface area contributed by atoms with Crippen LogP contribution in [0.1, 0.15) is 12.8 Å². The zero-order chi connectivity index (χ0) is 19.9. The SMILES string of the molecule is COC(=O)CCC(=O)Nc1ccc(S(=O)(=O)Nc2ccc(OC)cc2)cc1. The Balaban J connectivity index is 2.00. The van der Waals surface area contributed by atoms with Crippen molar-refractivity contribution in [2.75, 3.05) is 24.3 Å². The lowest BCUT2D eigenvalue weighted by Crippen LogP contribution is -2.15. The van der Waals surface area contributed by atoms with Gasteiger partial charge in [-0.1, -0.05) is 0 Å². The van der Waals surface area contributed by atoms with Gasteiger partial charge in [0.15, 0.2) is 0 Å². The summed E-state index contributed by atoms with van der Waals surface area (Å²) in [6.45, 7) is 0. The second-order valence-corrected chi connectivity index (χ2v) is 7.17. The van der Waals surface area contributed by atoms with Gasteiger partial charge in [-0.05, 0) is 48.5 Å². The van der Waals surface area contributed by atoms with Crippen molar-refractivity contribution >= 4 is 33.3 Å². The zero-order valence-corrected chi connectivity index (χ0v) is 15.7. The van der Waals surface area contributed by atoms with E-state index in [-0.39, 0.29) is 23.6 Å². The van der Waals surface area contributed by atoms with Gasteiger partial charge in [0.05, 0.1) is 25.5 Å². The van der Waals surface area contributed by atoms with Crippen LogP contribution in [0.5, 0.6) is 5.75 Å². The molecule has 2 aromatic rings. The molecule has 2 rings (SSSR count). The molecule has 0 fully saturated rings. The molecule has 0 spiro atoms. The molecule has 144 valence electrons. The monoisotopic (exact) mass is 392 g/mol. The number of sulfonamides is 1. The first-order valence-corrected chi connectivity index (χ1v) is 9.46. The van der Waals surface area contributed by atoms with E-state index in [1.807, 2.05) is 0 Å². The second kappa shape index (κ2) is 9.04. The number of rotatable bonds is 8. The number of carbonyl (C=O) groups is 2. The zero-order valence-electron chi connectivity index (χ0n) is 14.9. The minimum Gasteiger partial charge on any atom is -0.497 e. The number of methoxy groups -OCH3 is 2. The molecule has 8 nitrogen and oxygen atoms in total. The van der Waals surface area contributed by atoms with Crippen molar-refractivity contribution in [1.82, 2.24) is 0 Å². The molecular weight excluding hydrogens is 372 g/mol. The second-order valence-electron chi connectivity index (χ2n) is 5.48.